The number of urea groups is 1. The average molecular weight is 254 g/mol. The first-order valence-corrected chi connectivity index (χ1v) is 6.07. The van der Waals surface area contributed by atoms with Gasteiger partial charge in [0.2, 0.25) is 0 Å². The van der Waals surface area contributed by atoms with Crippen molar-refractivity contribution in [3.63, 3.8) is 0 Å². The Morgan fingerprint density at radius 2 is 2.28 bits per heavy atom. The first-order chi connectivity index (χ1) is 8.65. The van der Waals surface area contributed by atoms with Crippen LogP contribution in [0.3, 0.4) is 0 Å². The van der Waals surface area contributed by atoms with Crippen LogP contribution in [0.4, 0.5) is 14.9 Å². The molecule has 1 atom stereocenters. The van der Waals surface area contributed by atoms with Crippen molar-refractivity contribution >= 4 is 11.7 Å². The Hall–Kier alpha value is -1.62. The molecule has 0 aromatic heterocycles. The fraction of sp³-hybridized carbons (Fsp3) is 0.462. The maximum absolute atomic E-state index is 12.9. The zero-order valence-electron chi connectivity index (χ0n) is 10.4. The Balaban J connectivity index is 2.37. The molecule has 0 fully saturated rings. The topological polar surface area (TPSA) is 61.4 Å². The predicted octanol–water partition coefficient (Wildman–Crippen LogP) is 2.36. The Kier molecular flexibility index (Phi) is 6.14. The second-order valence-corrected chi connectivity index (χ2v) is 4.13. The summed E-state index contributed by atoms with van der Waals surface area (Å²) in [6.07, 6.45) is 1.55. The van der Waals surface area contributed by atoms with Crippen molar-refractivity contribution in [3.05, 3.63) is 30.1 Å². The van der Waals surface area contributed by atoms with Crippen molar-refractivity contribution < 1.29 is 14.3 Å². The van der Waals surface area contributed by atoms with Gasteiger partial charge in [0, 0.05) is 18.8 Å². The zero-order chi connectivity index (χ0) is 13.4. The van der Waals surface area contributed by atoms with Crippen LogP contribution in [0.15, 0.2) is 24.3 Å². The Morgan fingerprint density at radius 1 is 1.50 bits per heavy atom. The molecule has 0 saturated carbocycles. The Labute approximate surface area is 106 Å². The molecular weight excluding hydrogens is 235 g/mol. The molecule has 4 nitrogen and oxygen atoms in total. The van der Waals surface area contributed by atoms with E-state index in [-0.39, 0.29) is 24.4 Å². The fourth-order valence-corrected chi connectivity index (χ4v) is 1.61. The Bertz CT molecular complexity index is 385. The van der Waals surface area contributed by atoms with Crippen LogP contribution in [0.5, 0.6) is 0 Å². The van der Waals surface area contributed by atoms with E-state index in [9.17, 15) is 9.18 Å². The summed E-state index contributed by atoms with van der Waals surface area (Å²) in [5.74, 6) is -0.132. The molecule has 1 aromatic carbocycles. The average Bonchev–Trinajstić information content (AvgIpc) is 2.34. The molecule has 1 unspecified atom stereocenters. The molecule has 0 heterocycles. The number of anilines is 1. The van der Waals surface area contributed by atoms with Gasteiger partial charge < -0.3 is 15.7 Å². The van der Waals surface area contributed by atoms with Gasteiger partial charge in [-0.05, 0) is 30.5 Å². The standard InChI is InChI=1S/C13H19FN2O2/c1-2-10(6-7-17)9-15-13(18)16-12-5-3-4-11(14)8-12/h3-5,8,10,17H,2,6-7,9H2,1H3,(H2,15,16,18). The van der Waals surface area contributed by atoms with Crippen LogP contribution in [0.1, 0.15) is 19.8 Å². The van der Waals surface area contributed by atoms with E-state index in [0.717, 1.165) is 6.42 Å². The van der Waals surface area contributed by atoms with Gasteiger partial charge in [-0.25, -0.2) is 9.18 Å². The lowest BCUT2D eigenvalue weighted by atomic mass is 10.0. The van der Waals surface area contributed by atoms with E-state index >= 15 is 0 Å². The summed E-state index contributed by atoms with van der Waals surface area (Å²) in [4.78, 5) is 11.5. The quantitative estimate of drug-likeness (QED) is 0.729. The third-order valence-corrected chi connectivity index (χ3v) is 2.75. The zero-order valence-corrected chi connectivity index (χ0v) is 10.4. The van der Waals surface area contributed by atoms with E-state index in [4.69, 9.17) is 5.11 Å². The van der Waals surface area contributed by atoms with E-state index in [2.05, 4.69) is 10.6 Å². The van der Waals surface area contributed by atoms with Gasteiger partial charge in [0.15, 0.2) is 0 Å². The summed E-state index contributed by atoms with van der Waals surface area (Å²) in [5.41, 5.74) is 0.419. The van der Waals surface area contributed by atoms with Gasteiger partial charge in [0.25, 0.3) is 0 Å². The lowest BCUT2D eigenvalue weighted by molar-refractivity contribution is 0.238. The minimum absolute atomic E-state index is 0.117. The minimum atomic E-state index is -0.389. The molecule has 0 aliphatic rings. The van der Waals surface area contributed by atoms with Gasteiger partial charge in [0.1, 0.15) is 5.82 Å². The Morgan fingerprint density at radius 3 is 2.89 bits per heavy atom. The van der Waals surface area contributed by atoms with Crippen LogP contribution in [-0.4, -0.2) is 24.3 Å². The normalized spacial score (nSPS) is 11.9. The van der Waals surface area contributed by atoms with Crippen LogP contribution < -0.4 is 10.6 Å². The molecule has 1 aromatic rings. The monoisotopic (exact) mass is 254 g/mol. The van der Waals surface area contributed by atoms with Crippen LogP contribution in [0.25, 0.3) is 0 Å². The maximum Gasteiger partial charge on any atom is 0.319 e. The molecule has 0 radical (unpaired) electrons. The molecule has 5 heteroatoms. The van der Waals surface area contributed by atoms with Gasteiger partial charge >= 0.3 is 6.03 Å². The molecule has 18 heavy (non-hydrogen) atoms. The molecule has 2 amide bonds. The lowest BCUT2D eigenvalue weighted by Crippen LogP contribution is -2.33. The number of rotatable bonds is 6. The van der Waals surface area contributed by atoms with Gasteiger partial charge in [-0.15, -0.1) is 0 Å². The number of aliphatic hydroxyl groups is 1. The van der Waals surface area contributed by atoms with Crippen LogP contribution in [-0.2, 0) is 0 Å². The highest BCUT2D eigenvalue weighted by atomic mass is 19.1. The second kappa shape index (κ2) is 7.66. The van der Waals surface area contributed by atoms with Crippen molar-refractivity contribution in [2.24, 2.45) is 5.92 Å². The van der Waals surface area contributed by atoms with E-state index in [1.807, 2.05) is 6.92 Å². The predicted molar refractivity (Wildman–Crippen MR) is 68.9 cm³/mol. The molecule has 0 aliphatic heterocycles. The number of nitrogens with one attached hydrogen (secondary N) is 2. The first kappa shape index (κ1) is 14.4. The summed E-state index contributed by atoms with van der Waals surface area (Å²) in [6.45, 7) is 2.62. The van der Waals surface area contributed by atoms with E-state index < -0.39 is 0 Å². The van der Waals surface area contributed by atoms with Crippen LogP contribution >= 0.6 is 0 Å². The number of hydrogen-bond acceptors (Lipinski definition) is 2. The number of benzene rings is 1. The molecule has 0 saturated heterocycles. The van der Waals surface area contributed by atoms with E-state index in [0.29, 0.717) is 18.7 Å². The van der Waals surface area contributed by atoms with Crippen molar-refractivity contribution in [1.82, 2.24) is 5.32 Å². The highest BCUT2D eigenvalue weighted by molar-refractivity contribution is 5.89. The molecule has 3 N–H and O–H groups in total. The largest absolute Gasteiger partial charge is 0.396 e. The highest BCUT2D eigenvalue weighted by Crippen LogP contribution is 2.09. The van der Waals surface area contributed by atoms with Gasteiger partial charge in [-0.1, -0.05) is 19.4 Å². The lowest BCUT2D eigenvalue weighted by Gasteiger charge is -2.14. The number of carbonyl (C=O) groups excluding carboxylic acids is 1. The summed E-state index contributed by atoms with van der Waals surface area (Å²) in [5, 5.41) is 14.1. The fourth-order valence-electron chi connectivity index (χ4n) is 1.61. The van der Waals surface area contributed by atoms with E-state index in [1.165, 1.54) is 18.2 Å². The number of hydrogen-bond donors (Lipinski definition) is 3. The molecule has 0 bridgehead atoms. The summed E-state index contributed by atoms with van der Waals surface area (Å²) in [7, 11) is 0. The smallest absolute Gasteiger partial charge is 0.319 e. The minimum Gasteiger partial charge on any atom is -0.396 e. The maximum atomic E-state index is 12.9. The molecule has 1 rings (SSSR count). The van der Waals surface area contributed by atoms with Gasteiger partial charge in [0.05, 0.1) is 0 Å². The molecular formula is C13H19FN2O2. The third kappa shape index (κ3) is 5.14. The summed E-state index contributed by atoms with van der Waals surface area (Å²) in [6, 6.07) is 5.36. The first-order valence-electron chi connectivity index (χ1n) is 6.07. The third-order valence-electron chi connectivity index (χ3n) is 2.75. The van der Waals surface area contributed by atoms with Crippen molar-refractivity contribution in [1.29, 1.82) is 0 Å². The number of carbonyl (C=O) groups is 1. The second-order valence-electron chi connectivity index (χ2n) is 4.13. The summed E-state index contributed by atoms with van der Waals surface area (Å²) >= 11 is 0. The molecule has 0 spiro atoms. The van der Waals surface area contributed by atoms with Crippen LogP contribution in [0, 0.1) is 11.7 Å². The summed E-state index contributed by atoms with van der Waals surface area (Å²) < 4.78 is 12.9. The number of aliphatic hydroxyl groups excluding tert-OH is 1. The SMILES string of the molecule is CCC(CCO)CNC(=O)Nc1cccc(F)c1. The van der Waals surface area contributed by atoms with Gasteiger partial charge in [-0.2, -0.15) is 0 Å². The number of halogens is 1. The van der Waals surface area contributed by atoms with Crippen LogP contribution in [0.2, 0.25) is 0 Å². The molecule has 0 aliphatic carbocycles. The van der Waals surface area contributed by atoms with Crippen molar-refractivity contribution in [2.75, 3.05) is 18.5 Å². The van der Waals surface area contributed by atoms with E-state index in [1.54, 1.807) is 6.07 Å². The van der Waals surface area contributed by atoms with Crippen molar-refractivity contribution in [2.45, 2.75) is 19.8 Å². The van der Waals surface area contributed by atoms with Gasteiger partial charge in [-0.3, -0.25) is 0 Å². The highest BCUT2D eigenvalue weighted by Gasteiger charge is 2.08. The number of amides is 2. The van der Waals surface area contributed by atoms with Crippen molar-refractivity contribution in [3.8, 4) is 0 Å². The molecule has 100 valence electrons.